The van der Waals surface area contributed by atoms with Gasteiger partial charge in [-0.15, -0.1) is 11.3 Å². The predicted octanol–water partition coefficient (Wildman–Crippen LogP) is 3.33. The van der Waals surface area contributed by atoms with Crippen LogP contribution in [0.1, 0.15) is 14.5 Å². The molecule has 0 aliphatic carbocycles. The number of thiophene rings is 1. The van der Waals surface area contributed by atoms with Crippen LogP contribution in [0.4, 0.5) is 5.69 Å². The Morgan fingerprint density at radius 1 is 1.11 bits per heavy atom. The van der Waals surface area contributed by atoms with Crippen molar-refractivity contribution in [2.75, 3.05) is 19.5 Å². The number of hydrogen-bond donors (Lipinski definition) is 1. The molecule has 5 heteroatoms. The van der Waals surface area contributed by atoms with Crippen LogP contribution in [0, 0.1) is 6.92 Å². The fourth-order valence-electron chi connectivity index (χ4n) is 1.66. The van der Waals surface area contributed by atoms with Gasteiger partial charge in [0.25, 0.3) is 5.91 Å². The van der Waals surface area contributed by atoms with E-state index in [2.05, 4.69) is 5.32 Å². The van der Waals surface area contributed by atoms with Gasteiger partial charge in [-0.3, -0.25) is 4.79 Å². The number of hydrogen-bond acceptors (Lipinski definition) is 4. The van der Waals surface area contributed by atoms with E-state index in [0.717, 1.165) is 4.88 Å². The monoisotopic (exact) mass is 277 g/mol. The summed E-state index contributed by atoms with van der Waals surface area (Å²) in [7, 11) is 3.14. The summed E-state index contributed by atoms with van der Waals surface area (Å²) in [5, 5.41) is 2.83. The summed E-state index contributed by atoms with van der Waals surface area (Å²) in [5.41, 5.74) is 0.675. The Balaban J connectivity index is 2.17. The molecule has 0 spiro atoms. The minimum atomic E-state index is -0.120. The number of anilines is 1. The highest BCUT2D eigenvalue weighted by Gasteiger charge is 2.10. The molecule has 19 heavy (non-hydrogen) atoms. The zero-order chi connectivity index (χ0) is 13.8. The normalized spacial score (nSPS) is 10.1. The van der Waals surface area contributed by atoms with E-state index >= 15 is 0 Å². The van der Waals surface area contributed by atoms with Gasteiger partial charge in [0.05, 0.1) is 19.1 Å². The van der Waals surface area contributed by atoms with Gasteiger partial charge in [0.15, 0.2) is 11.5 Å². The molecule has 0 radical (unpaired) electrons. The summed E-state index contributed by atoms with van der Waals surface area (Å²) < 4.78 is 10.3. The first kappa shape index (κ1) is 13.4. The van der Waals surface area contributed by atoms with Gasteiger partial charge in [0.2, 0.25) is 0 Å². The maximum Gasteiger partial charge on any atom is 0.265 e. The molecule has 0 aliphatic rings. The lowest BCUT2D eigenvalue weighted by Crippen LogP contribution is -2.10. The molecule has 1 aromatic carbocycles. The first-order valence-corrected chi connectivity index (χ1v) is 6.55. The maximum atomic E-state index is 12.0. The van der Waals surface area contributed by atoms with Gasteiger partial charge in [0.1, 0.15) is 0 Å². The Labute approximate surface area is 116 Å². The molecule has 1 N–H and O–H groups in total. The molecular weight excluding hydrogens is 262 g/mol. The minimum Gasteiger partial charge on any atom is -0.493 e. The van der Waals surface area contributed by atoms with Gasteiger partial charge in [0, 0.05) is 16.6 Å². The number of carbonyl (C=O) groups excluding carboxylic acids is 1. The van der Waals surface area contributed by atoms with Gasteiger partial charge in [-0.2, -0.15) is 0 Å². The molecule has 0 saturated carbocycles. The maximum absolute atomic E-state index is 12.0. The number of amides is 1. The first-order chi connectivity index (χ1) is 9.13. The third-order valence-corrected chi connectivity index (χ3v) is 3.61. The summed E-state index contributed by atoms with van der Waals surface area (Å²) in [6.07, 6.45) is 0. The van der Waals surface area contributed by atoms with Crippen molar-refractivity contribution in [1.29, 1.82) is 0 Å². The molecule has 0 aliphatic heterocycles. The van der Waals surface area contributed by atoms with Crippen LogP contribution in [0.25, 0.3) is 0 Å². The van der Waals surface area contributed by atoms with E-state index in [1.54, 1.807) is 32.4 Å². The lowest BCUT2D eigenvalue weighted by Gasteiger charge is -2.10. The molecule has 0 saturated heterocycles. The van der Waals surface area contributed by atoms with Crippen LogP contribution < -0.4 is 14.8 Å². The zero-order valence-electron chi connectivity index (χ0n) is 11.0. The summed E-state index contributed by atoms with van der Waals surface area (Å²) in [6, 6.07) is 9.01. The lowest BCUT2D eigenvalue weighted by atomic mass is 10.2. The van der Waals surface area contributed by atoms with Crippen molar-refractivity contribution in [1.82, 2.24) is 0 Å². The van der Waals surface area contributed by atoms with Crippen molar-refractivity contribution >= 4 is 22.9 Å². The summed E-state index contributed by atoms with van der Waals surface area (Å²) in [6.45, 7) is 1.97. The summed E-state index contributed by atoms with van der Waals surface area (Å²) in [5.74, 6) is 1.10. The second-order valence-corrected chi connectivity index (χ2v) is 5.22. The van der Waals surface area contributed by atoms with Gasteiger partial charge in [-0.05, 0) is 31.2 Å². The van der Waals surface area contributed by atoms with Gasteiger partial charge in [-0.25, -0.2) is 0 Å². The quantitative estimate of drug-likeness (QED) is 0.932. The molecule has 0 atom stereocenters. The van der Waals surface area contributed by atoms with E-state index in [1.165, 1.54) is 11.3 Å². The molecule has 1 amide bonds. The molecule has 0 unspecified atom stereocenters. The number of benzene rings is 1. The van der Waals surface area contributed by atoms with Gasteiger partial charge in [-0.1, -0.05) is 0 Å². The number of ether oxygens (including phenoxy) is 2. The van der Waals surface area contributed by atoms with Crippen LogP contribution in [0.3, 0.4) is 0 Å². The average Bonchev–Trinajstić information content (AvgIpc) is 2.85. The first-order valence-electron chi connectivity index (χ1n) is 5.74. The minimum absolute atomic E-state index is 0.120. The third-order valence-electron chi connectivity index (χ3n) is 2.61. The van der Waals surface area contributed by atoms with E-state index in [9.17, 15) is 4.79 Å². The molecule has 0 fully saturated rings. The van der Waals surface area contributed by atoms with Crippen molar-refractivity contribution in [2.45, 2.75) is 6.92 Å². The lowest BCUT2D eigenvalue weighted by molar-refractivity contribution is 0.103. The second kappa shape index (κ2) is 5.75. The van der Waals surface area contributed by atoms with Crippen LogP contribution in [0.5, 0.6) is 11.5 Å². The van der Waals surface area contributed by atoms with E-state index in [-0.39, 0.29) is 5.91 Å². The number of aryl methyl sites for hydroxylation is 1. The molecule has 0 bridgehead atoms. The van der Waals surface area contributed by atoms with Crippen molar-refractivity contribution in [3.05, 3.63) is 40.1 Å². The predicted molar refractivity (Wildman–Crippen MR) is 76.6 cm³/mol. The SMILES string of the molecule is COc1ccc(NC(=O)c2ccc(C)s2)cc1OC. The van der Waals surface area contributed by atoms with Crippen molar-refractivity contribution < 1.29 is 14.3 Å². The van der Waals surface area contributed by atoms with Crippen LogP contribution in [0.15, 0.2) is 30.3 Å². The van der Waals surface area contributed by atoms with Crippen molar-refractivity contribution in [3.8, 4) is 11.5 Å². The highest BCUT2D eigenvalue weighted by molar-refractivity contribution is 7.14. The largest absolute Gasteiger partial charge is 0.493 e. The molecule has 2 rings (SSSR count). The average molecular weight is 277 g/mol. The highest BCUT2D eigenvalue weighted by atomic mass is 32.1. The Morgan fingerprint density at radius 3 is 2.42 bits per heavy atom. The number of carbonyl (C=O) groups is 1. The van der Waals surface area contributed by atoms with Gasteiger partial charge >= 0.3 is 0 Å². The standard InChI is InChI=1S/C14H15NO3S/c1-9-4-7-13(19-9)14(16)15-10-5-6-11(17-2)12(8-10)18-3/h4-8H,1-3H3,(H,15,16). The Morgan fingerprint density at radius 2 is 1.84 bits per heavy atom. The number of nitrogens with one attached hydrogen (secondary N) is 1. The molecule has 1 heterocycles. The molecule has 4 nitrogen and oxygen atoms in total. The fraction of sp³-hybridized carbons (Fsp3) is 0.214. The van der Waals surface area contributed by atoms with E-state index in [1.807, 2.05) is 19.1 Å². The Hall–Kier alpha value is -2.01. The summed E-state index contributed by atoms with van der Waals surface area (Å²) in [4.78, 5) is 13.8. The van der Waals surface area contributed by atoms with E-state index < -0.39 is 0 Å². The van der Waals surface area contributed by atoms with Crippen LogP contribution in [-0.2, 0) is 0 Å². The van der Waals surface area contributed by atoms with E-state index in [0.29, 0.717) is 22.1 Å². The summed E-state index contributed by atoms with van der Waals surface area (Å²) >= 11 is 1.46. The molecule has 2 aromatic rings. The van der Waals surface area contributed by atoms with Crippen molar-refractivity contribution in [3.63, 3.8) is 0 Å². The van der Waals surface area contributed by atoms with Crippen molar-refractivity contribution in [2.24, 2.45) is 0 Å². The highest BCUT2D eigenvalue weighted by Crippen LogP contribution is 2.30. The smallest absolute Gasteiger partial charge is 0.265 e. The van der Waals surface area contributed by atoms with Crippen LogP contribution in [-0.4, -0.2) is 20.1 Å². The molecule has 1 aromatic heterocycles. The number of methoxy groups -OCH3 is 2. The topological polar surface area (TPSA) is 47.6 Å². The Kier molecular flexibility index (Phi) is 4.06. The third kappa shape index (κ3) is 3.06. The number of rotatable bonds is 4. The second-order valence-electron chi connectivity index (χ2n) is 3.93. The fourth-order valence-corrected chi connectivity index (χ4v) is 2.43. The van der Waals surface area contributed by atoms with Crippen LogP contribution >= 0.6 is 11.3 Å². The molecular formula is C14H15NO3S. The van der Waals surface area contributed by atoms with Crippen LogP contribution in [0.2, 0.25) is 0 Å². The van der Waals surface area contributed by atoms with E-state index in [4.69, 9.17) is 9.47 Å². The molecule has 100 valence electrons. The zero-order valence-corrected chi connectivity index (χ0v) is 11.8. The Bertz CT molecular complexity index is 592. The van der Waals surface area contributed by atoms with Gasteiger partial charge < -0.3 is 14.8 Å².